The average molecular weight is 542 g/mol. The lowest BCUT2D eigenvalue weighted by molar-refractivity contribution is -0.117. The van der Waals surface area contributed by atoms with Crippen LogP contribution in [0.1, 0.15) is 51.3 Å². The van der Waals surface area contributed by atoms with Crippen LogP contribution in [0, 0.1) is 0 Å². The Balaban J connectivity index is 1.42. The number of benzene rings is 2. The van der Waals surface area contributed by atoms with E-state index in [0.29, 0.717) is 27.7 Å². The molecule has 0 spiro atoms. The average Bonchev–Trinajstić information content (AvgIpc) is 3.41. The number of hydrogen-bond acceptors (Lipinski definition) is 6. The van der Waals surface area contributed by atoms with Crippen LogP contribution in [0.3, 0.4) is 0 Å². The molecule has 0 radical (unpaired) electrons. The van der Waals surface area contributed by atoms with Gasteiger partial charge in [0, 0.05) is 35.5 Å². The zero-order chi connectivity index (χ0) is 26.0. The van der Waals surface area contributed by atoms with Gasteiger partial charge in [-0.05, 0) is 31.0 Å². The number of nitrogens with two attached hydrogens (primary N) is 2. The summed E-state index contributed by atoms with van der Waals surface area (Å²) in [6.07, 6.45) is 2.89. The fraction of sp³-hybridized carbons (Fsp3) is 0.231. The Labute approximate surface area is 223 Å². The van der Waals surface area contributed by atoms with Crippen molar-refractivity contribution >= 4 is 52.0 Å². The van der Waals surface area contributed by atoms with Gasteiger partial charge in [-0.25, -0.2) is 9.67 Å². The number of halogens is 2. The van der Waals surface area contributed by atoms with Crippen LogP contribution >= 0.6 is 34.5 Å². The maximum atomic E-state index is 12.7. The molecule has 2 aromatic carbocycles. The normalized spacial score (nSPS) is 11.2. The molecule has 2 aromatic heterocycles. The highest BCUT2D eigenvalue weighted by atomic mass is 35.5. The number of rotatable bonds is 9. The molecule has 7 nitrogen and oxygen atoms in total. The van der Waals surface area contributed by atoms with E-state index in [-0.39, 0.29) is 36.0 Å². The van der Waals surface area contributed by atoms with E-state index in [1.807, 2.05) is 50.2 Å². The monoisotopic (exact) mass is 541 g/mol. The molecule has 0 aliphatic carbocycles. The van der Waals surface area contributed by atoms with E-state index >= 15 is 0 Å². The van der Waals surface area contributed by atoms with E-state index in [9.17, 15) is 9.59 Å². The largest absolute Gasteiger partial charge is 0.383 e. The molecule has 0 aliphatic rings. The number of carbonyl (C=O) groups is 2. The molecule has 1 amide bonds. The second kappa shape index (κ2) is 10.8. The number of carbonyl (C=O) groups excluding carboxylic acids is 2. The van der Waals surface area contributed by atoms with E-state index < -0.39 is 5.91 Å². The van der Waals surface area contributed by atoms with Gasteiger partial charge in [0.2, 0.25) is 0 Å². The van der Waals surface area contributed by atoms with E-state index in [4.69, 9.17) is 34.7 Å². The van der Waals surface area contributed by atoms with Crippen LogP contribution in [0.5, 0.6) is 0 Å². The molecule has 186 valence electrons. The van der Waals surface area contributed by atoms with Gasteiger partial charge in [-0.1, -0.05) is 59.6 Å². The third-order valence-corrected chi connectivity index (χ3v) is 7.51. The molecule has 0 unspecified atom stereocenters. The van der Waals surface area contributed by atoms with Gasteiger partial charge in [0.05, 0.1) is 16.5 Å². The molecular weight excluding hydrogens is 517 g/mol. The number of ketones is 1. The Hall–Kier alpha value is -3.20. The van der Waals surface area contributed by atoms with Gasteiger partial charge >= 0.3 is 0 Å². The third kappa shape index (κ3) is 5.61. The summed E-state index contributed by atoms with van der Waals surface area (Å²) >= 11 is 13.9. The van der Waals surface area contributed by atoms with Crippen molar-refractivity contribution < 1.29 is 9.59 Å². The standard InChI is InChI=1S/C26H25Cl2N5O2S/c1-14(2)33-25(29)22(26(30)35)24(32-33)16-8-6-15(7-9-16)10-18(34)12-21-31-13-19(36-21)11-17-4-3-5-20(27)23(17)28/h3-9,13-14H,10-12,29H2,1-2H3,(H2,30,35). The van der Waals surface area contributed by atoms with E-state index in [2.05, 4.69) is 10.1 Å². The fourth-order valence-corrected chi connectivity index (χ4v) is 5.27. The predicted octanol–water partition coefficient (Wildman–Crippen LogP) is 5.52. The molecule has 0 saturated heterocycles. The van der Waals surface area contributed by atoms with Crippen LogP contribution in [0.2, 0.25) is 10.0 Å². The van der Waals surface area contributed by atoms with Gasteiger partial charge in [-0.2, -0.15) is 5.10 Å². The Morgan fingerprint density at radius 2 is 1.81 bits per heavy atom. The summed E-state index contributed by atoms with van der Waals surface area (Å²) in [5, 5.41) is 6.30. The zero-order valence-corrected chi connectivity index (χ0v) is 22.1. The van der Waals surface area contributed by atoms with E-state index in [1.165, 1.54) is 11.3 Å². The lowest BCUT2D eigenvalue weighted by atomic mass is 10.0. The maximum Gasteiger partial charge on any atom is 0.254 e. The predicted molar refractivity (Wildman–Crippen MR) is 145 cm³/mol. The summed E-state index contributed by atoms with van der Waals surface area (Å²) in [4.78, 5) is 30.1. The minimum atomic E-state index is -0.630. The molecule has 4 rings (SSSR count). The van der Waals surface area contributed by atoms with Gasteiger partial charge in [0.1, 0.15) is 27.9 Å². The zero-order valence-electron chi connectivity index (χ0n) is 19.8. The highest BCUT2D eigenvalue weighted by Gasteiger charge is 2.22. The molecule has 4 aromatic rings. The van der Waals surface area contributed by atoms with Crippen LogP contribution < -0.4 is 11.5 Å². The first-order chi connectivity index (χ1) is 17.1. The van der Waals surface area contributed by atoms with E-state index in [1.54, 1.807) is 16.9 Å². The number of nitrogens with zero attached hydrogens (tertiary/aromatic N) is 3. The number of primary amides is 1. The summed E-state index contributed by atoms with van der Waals surface area (Å²) in [7, 11) is 0. The number of Topliss-reactive ketones (excluding diaryl/α,β-unsaturated/α-hetero) is 1. The Morgan fingerprint density at radius 3 is 2.47 bits per heavy atom. The first-order valence-corrected chi connectivity index (χ1v) is 12.9. The fourth-order valence-electron chi connectivity index (χ4n) is 3.91. The van der Waals surface area contributed by atoms with Gasteiger partial charge in [-0.3, -0.25) is 9.59 Å². The number of amides is 1. The molecule has 0 aliphatic heterocycles. The van der Waals surface area contributed by atoms with Crippen LogP contribution in [-0.4, -0.2) is 26.5 Å². The number of hydrogen-bond donors (Lipinski definition) is 2. The molecule has 4 N–H and O–H groups in total. The van der Waals surface area contributed by atoms with Crippen molar-refractivity contribution in [2.75, 3.05) is 5.73 Å². The second-order valence-corrected chi connectivity index (χ2v) is 10.7. The van der Waals surface area contributed by atoms with Crippen molar-refractivity contribution in [2.24, 2.45) is 5.73 Å². The SMILES string of the molecule is CC(C)n1nc(-c2ccc(CC(=O)Cc3ncc(Cc4cccc(Cl)c4Cl)s3)cc2)c(C(N)=O)c1N. The highest BCUT2D eigenvalue weighted by molar-refractivity contribution is 7.11. The number of thiazole rings is 1. The van der Waals surface area contributed by atoms with Crippen LogP contribution in [0.4, 0.5) is 5.82 Å². The van der Waals surface area contributed by atoms with Crippen molar-refractivity contribution in [3.63, 3.8) is 0 Å². The van der Waals surface area contributed by atoms with Crippen LogP contribution in [-0.2, 0) is 24.1 Å². The first kappa shape index (κ1) is 25.9. The number of nitrogen functional groups attached to an aromatic ring is 1. The minimum absolute atomic E-state index is 0.0254. The van der Waals surface area contributed by atoms with Crippen LogP contribution in [0.15, 0.2) is 48.7 Å². The quantitative estimate of drug-likeness (QED) is 0.289. The number of anilines is 1. The van der Waals surface area contributed by atoms with Crippen molar-refractivity contribution in [2.45, 2.75) is 39.2 Å². The summed E-state index contributed by atoms with van der Waals surface area (Å²) in [6, 6.07) is 12.8. The lowest BCUT2D eigenvalue weighted by Gasteiger charge is -2.06. The number of aromatic nitrogens is 3. The van der Waals surface area contributed by atoms with Crippen LogP contribution in [0.25, 0.3) is 11.3 Å². The summed E-state index contributed by atoms with van der Waals surface area (Å²) in [5.74, 6) is -0.336. The molecule has 36 heavy (non-hydrogen) atoms. The Kier molecular flexibility index (Phi) is 7.78. The van der Waals surface area contributed by atoms with Crippen molar-refractivity contribution in [3.05, 3.63) is 85.3 Å². The second-order valence-electron chi connectivity index (χ2n) is 8.71. The smallest absolute Gasteiger partial charge is 0.254 e. The van der Waals surface area contributed by atoms with E-state index in [0.717, 1.165) is 21.0 Å². The molecule has 10 heteroatoms. The molecule has 0 bridgehead atoms. The summed E-state index contributed by atoms with van der Waals surface area (Å²) < 4.78 is 1.58. The molecule has 0 atom stereocenters. The van der Waals surface area contributed by atoms with Gasteiger partial charge in [0.25, 0.3) is 5.91 Å². The van der Waals surface area contributed by atoms with Crippen molar-refractivity contribution in [3.8, 4) is 11.3 Å². The molecule has 0 fully saturated rings. The van der Waals surface area contributed by atoms with Crippen molar-refractivity contribution in [1.82, 2.24) is 14.8 Å². The topological polar surface area (TPSA) is 117 Å². The molecular formula is C26H25Cl2N5O2S. The Bertz CT molecular complexity index is 1430. The van der Waals surface area contributed by atoms with Gasteiger partial charge < -0.3 is 11.5 Å². The van der Waals surface area contributed by atoms with Gasteiger partial charge in [0.15, 0.2) is 0 Å². The summed E-state index contributed by atoms with van der Waals surface area (Å²) in [5.41, 5.74) is 14.8. The molecule has 0 saturated carbocycles. The lowest BCUT2D eigenvalue weighted by Crippen LogP contribution is -2.15. The maximum absolute atomic E-state index is 12.7. The van der Waals surface area contributed by atoms with Gasteiger partial charge in [-0.15, -0.1) is 11.3 Å². The van der Waals surface area contributed by atoms with Crippen molar-refractivity contribution in [1.29, 1.82) is 0 Å². The Morgan fingerprint density at radius 1 is 1.08 bits per heavy atom. The third-order valence-electron chi connectivity index (χ3n) is 5.66. The molecule has 2 heterocycles. The summed E-state index contributed by atoms with van der Waals surface area (Å²) in [6.45, 7) is 3.84. The first-order valence-electron chi connectivity index (χ1n) is 11.3. The highest BCUT2D eigenvalue weighted by Crippen LogP contribution is 2.30. The minimum Gasteiger partial charge on any atom is -0.383 e.